The Labute approximate surface area is 102 Å². The van der Waals surface area contributed by atoms with Crippen LogP contribution < -0.4 is 5.32 Å². The van der Waals surface area contributed by atoms with Gasteiger partial charge in [0.2, 0.25) is 0 Å². The molecule has 0 saturated carbocycles. The van der Waals surface area contributed by atoms with Crippen LogP contribution in [0.2, 0.25) is 0 Å². The van der Waals surface area contributed by atoms with Gasteiger partial charge in [-0.1, -0.05) is 0 Å². The lowest BCUT2D eigenvalue weighted by molar-refractivity contribution is -0.141. The lowest BCUT2D eigenvalue weighted by atomic mass is 10.1. The molecule has 1 N–H and O–H groups in total. The molecule has 2 unspecified atom stereocenters. The van der Waals surface area contributed by atoms with Crippen LogP contribution >= 0.6 is 0 Å². The molecule has 0 amide bonds. The number of methoxy groups -OCH3 is 1. The fourth-order valence-electron chi connectivity index (χ4n) is 1.95. The molecule has 2 atom stereocenters. The van der Waals surface area contributed by atoms with Crippen molar-refractivity contribution >= 4 is 5.97 Å². The maximum Gasteiger partial charge on any atom is 0.307 e. The average molecular weight is 239 g/mol. The van der Waals surface area contributed by atoms with E-state index in [4.69, 9.17) is 0 Å². The predicted octanol–water partition coefficient (Wildman–Crippen LogP) is 1.33. The molecule has 17 heavy (non-hydrogen) atoms. The van der Waals surface area contributed by atoms with Crippen molar-refractivity contribution in [1.29, 1.82) is 0 Å². The molecule has 0 bridgehead atoms. The van der Waals surface area contributed by atoms with Crippen molar-refractivity contribution in [1.82, 2.24) is 15.1 Å². The second-order valence-corrected chi connectivity index (χ2v) is 4.41. The smallest absolute Gasteiger partial charge is 0.307 e. The molecule has 96 valence electrons. The van der Waals surface area contributed by atoms with Gasteiger partial charge in [-0.15, -0.1) is 0 Å². The molecule has 0 aromatic carbocycles. The Morgan fingerprint density at radius 1 is 1.59 bits per heavy atom. The third-order valence-corrected chi connectivity index (χ3v) is 2.75. The van der Waals surface area contributed by atoms with Gasteiger partial charge in [0.15, 0.2) is 0 Å². The number of carbonyl (C=O) groups is 1. The summed E-state index contributed by atoms with van der Waals surface area (Å²) in [5.41, 5.74) is 2.17. The number of nitrogens with zero attached hydrogens (tertiary/aromatic N) is 2. The van der Waals surface area contributed by atoms with E-state index in [1.165, 1.54) is 7.11 Å². The molecule has 1 rings (SSSR count). The lowest BCUT2D eigenvalue weighted by Crippen LogP contribution is -2.31. The summed E-state index contributed by atoms with van der Waals surface area (Å²) in [6.07, 6.45) is 2.37. The van der Waals surface area contributed by atoms with Crippen molar-refractivity contribution in [3.63, 3.8) is 0 Å². The second kappa shape index (κ2) is 5.82. The van der Waals surface area contributed by atoms with E-state index in [0.29, 0.717) is 6.42 Å². The van der Waals surface area contributed by atoms with Gasteiger partial charge in [-0.05, 0) is 20.8 Å². The number of rotatable bonds is 5. The molecular formula is C12H21N3O2. The molecule has 0 fully saturated rings. The Hall–Kier alpha value is -1.36. The quantitative estimate of drug-likeness (QED) is 0.788. The number of ether oxygens (including phenoxy) is 1. The van der Waals surface area contributed by atoms with Gasteiger partial charge in [0.05, 0.1) is 19.2 Å². The number of esters is 1. The number of aryl methyl sites for hydroxylation is 2. The normalized spacial score (nSPS) is 14.4. The van der Waals surface area contributed by atoms with Crippen molar-refractivity contribution in [2.24, 2.45) is 7.05 Å². The van der Waals surface area contributed by atoms with E-state index in [-0.39, 0.29) is 18.1 Å². The summed E-state index contributed by atoms with van der Waals surface area (Å²) in [6.45, 7) is 6.02. The zero-order valence-corrected chi connectivity index (χ0v) is 11.2. The summed E-state index contributed by atoms with van der Waals surface area (Å²) in [5, 5.41) is 7.66. The molecular weight excluding hydrogens is 218 g/mol. The molecule has 0 aliphatic carbocycles. The highest BCUT2D eigenvalue weighted by Crippen LogP contribution is 2.16. The van der Waals surface area contributed by atoms with E-state index in [1.54, 1.807) is 4.68 Å². The van der Waals surface area contributed by atoms with Crippen LogP contribution in [-0.4, -0.2) is 28.9 Å². The zero-order chi connectivity index (χ0) is 13.0. The summed E-state index contributed by atoms with van der Waals surface area (Å²) in [5.74, 6) is -0.194. The Balaban J connectivity index is 2.57. The first-order valence-corrected chi connectivity index (χ1v) is 5.77. The summed E-state index contributed by atoms with van der Waals surface area (Å²) < 4.78 is 6.44. The van der Waals surface area contributed by atoms with E-state index in [2.05, 4.69) is 22.1 Å². The van der Waals surface area contributed by atoms with Gasteiger partial charge in [0.25, 0.3) is 0 Å². The maximum atomic E-state index is 11.1. The highest BCUT2D eigenvalue weighted by molar-refractivity contribution is 5.69. The zero-order valence-electron chi connectivity index (χ0n) is 11.2. The van der Waals surface area contributed by atoms with Gasteiger partial charge in [-0.25, -0.2) is 0 Å². The van der Waals surface area contributed by atoms with Crippen LogP contribution in [-0.2, 0) is 16.6 Å². The molecule has 1 aromatic rings. The average Bonchev–Trinajstić information content (AvgIpc) is 2.57. The van der Waals surface area contributed by atoms with Gasteiger partial charge in [-0.2, -0.15) is 5.10 Å². The molecule has 1 heterocycles. The van der Waals surface area contributed by atoms with Gasteiger partial charge < -0.3 is 10.1 Å². The van der Waals surface area contributed by atoms with Crippen molar-refractivity contribution in [3.05, 3.63) is 17.5 Å². The van der Waals surface area contributed by atoms with Gasteiger partial charge in [-0.3, -0.25) is 9.48 Å². The summed E-state index contributed by atoms with van der Waals surface area (Å²) in [6, 6.07) is 0.250. The minimum atomic E-state index is -0.194. The van der Waals surface area contributed by atoms with Crippen molar-refractivity contribution < 1.29 is 9.53 Å². The highest BCUT2D eigenvalue weighted by Gasteiger charge is 2.16. The molecule has 5 nitrogen and oxygen atoms in total. The largest absolute Gasteiger partial charge is 0.469 e. The summed E-state index contributed by atoms with van der Waals surface area (Å²) in [7, 11) is 3.31. The lowest BCUT2D eigenvalue weighted by Gasteiger charge is -2.18. The third kappa shape index (κ3) is 3.85. The van der Waals surface area contributed by atoms with Crippen LogP contribution in [0.25, 0.3) is 0 Å². The Kier molecular flexibility index (Phi) is 4.69. The van der Waals surface area contributed by atoms with Crippen LogP contribution in [0.4, 0.5) is 0 Å². The van der Waals surface area contributed by atoms with Crippen LogP contribution in [0.15, 0.2) is 6.20 Å². The number of hydrogen-bond donors (Lipinski definition) is 1. The molecule has 0 spiro atoms. The van der Waals surface area contributed by atoms with Crippen molar-refractivity contribution in [2.45, 2.75) is 39.3 Å². The van der Waals surface area contributed by atoms with Crippen LogP contribution in [0, 0.1) is 6.92 Å². The highest BCUT2D eigenvalue weighted by atomic mass is 16.5. The van der Waals surface area contributed by atoms with E-state index in [9.17, 15) is 4.79 Å². The number of nitrogens with one attached hydrogen (secondary N) is 1. The third-order valence-electron chi connectivity index (χ3n) is 2.75. The molecule has 5 heteroatoms. The minimum Gasteiger partial charge on any atom is -0.469 e. The van der Waals surface area contributed by atoms with Crippen LogP contribution in [0.5, 0.6) is 0 Å². The summed E-state index contributed by atoms with van der Waals surface area (Å²) in [4.78, 5) is 11.1. The second-order valence-electron chi connectivity index (χ2n) is 4.41. The van der Waals surface area contributed by atoms with E-state index >= 15 is 0 Å². The number of aromatic nitrogens is 2. The SMILES string of the molecule is COC(=O)CC(C)NC(C)c1cn(C)nc1C. The molecule has 0 radical (unpaired) electrons. The first kappa shape index (κ1) is 13.7. The fourth-order valence-corrected chi connectivity index (χ4v) is 1.95. The molecule has 0 aliphatic heterocycles. The predicted molar refractivity (Wildman–Crippen MR) is 65.6 cm³/mol. The molecule has 0 saturated heterocycles. The van der Waals surface area contributed by atoms with Gasteiger partial charge in [0, 0.05) is 30.9 Å². The maximum absolute atomic E-state index is 11.1. The Morgan fingerprint density at radius 2 is 2.24 bits per heavy atom. The number of hydrogen-bond acceptors (Lipinski definition) is 4. The fraction of sp³-hybridized carbons (Fsp3) is 0.667. The van der Waals surface area contributed by atoms with Gasteiger partial charge >= 0.3 is 5.97 Å². The summed E-state index contributed by atoms with van der Waals surface area (Å²) >= 11 is 0. The molecule has 1 aromatic heterocycles. The van der Waals surface area contributed by atoms with Gasteiger partial charge in [0.1, 0.15) is 0 Å². The number of carbonyl (C=O) groups excluding carboxylic acids is 1. The van der Waals surface area contributed by atoms with Crippen LogP contribution in [0.3, 0.4) is 0 Å². The van der Waals surface area contributed by atoms with E-state index in [1.807, 2.05) is 27.1 Å². The van der Waals surface area contributed by atoms with Crippen molar-refractivity contribution in [3.8, 4) is 0 Å². The first-order chi connectivity index (χ1) is 7.93. The topological polar surface area (TPSA) is 56.1 Å². The monoisotopic (exact) mass is 239 g/mol. The van der Waals surface area contributed by atoms with E-state index < -0.39 is 0 Å². The minimum absolute atomic E-state index is 0.0806. The van der Waals surface area contributed by atoms with E-state index in [0.717, 1.165) is 11.3 Å². The standard InChI is InChI=1S/C12H21N3O2/c1-8(6-12(16)17-5)13-9(2)11-7-15(4)14-10(11)3/h7-9,13H,6H2,1-5H3. The van der Waals surface area contributed by atoms with Crippen LogP contribution in [0.1, 0.15) is 37.6 Å². The van der Waals surface area contributed by atoms with Crippen molar-refractivity contribution in [2.75, 3.05) is 7.11 Å². The first-order valence-electron chi connectivity index (χ1n) is 5.77. The Morgan fingerprint density at radius 3 is 2.71 bits per heavy atom. The molecule has 0 aliphatic rings. The Bertz CT molecular complexity index is 387.